The van der Waals surface area contributed by atoms with Gasteiger partial charge in [-0.3, -0.25) is 4.79 Å². The van der Waals surface area contributed by atoms with Crippen LogP contribution in [0.5, 0.6) is 0 Å². The van der Waals surface area contributed by atoms with Gasteiger partial charge >= 0.3 is 4.87 Å². The summed E-state index contributed by atoms with van der Waals surface area (Å²) in [7, 11) is 0. The van der Waals surface area contributed by atoms with E-state index in [1.165, 1.54) is 37.0 Å². The number of nitrogens with one attached hydrogen (secondary N) is 1. The molecule has 1 aliphatic carbocycles. The van der Waals surface area contributed by atoms with Gasteiger partial charge in [0.1, 0.15) is 0 Å². The highest BCUT2D eigenvalue weighted by atomic mass is 32.1. The third kappa shape index (κ3) is 3.04. The molecule has 1 N–H and O–H groups in total. The first-order valence-electron chi connectivity index (χ1n) is 6.89. The molecule has 0 saturated heterocycles. The lowest BCUT2D eigenvalue weighted by atomic mass is 9.73. The maximum absolute atomic E-state index is 11.6. The Morgan fingerprint density at radius 3 is 2.89 bits per heavy atom. The maximum atomic E-state index is 11.6. The number of thiazole rings is 1. The molecule has 1 saturated carbocycles. The third-order valence-corrected chi connectivity index (χ3v) is 5.09. The van der Waals surface area contributed by atoms with E-state index >= 15 is 0 Å². The average Bonchev–Trinajstić information content (AvgIpc) is 2.62. The predicted octanol–water partition coefficient (Wildman–Crippen LogP) is 2.78. The normalized spacial score (nSPS) is 23.2. The predicted molar refractivity (Wildman–Crippen MR) is 77.4 cm³/mol. The summed E-state index contributed by atoms with van der Waals surface area (Å²) in [6, 6.07) is 0.598. The molecule has 0 radical (unpaired) electrons. The van der Waals surface area contributed by atoms with Gasteiger partial charge in [0, 0.05) is 30.2 Å². The van der Waals surface area contributed by atoms with Crippen molar-refractivity contribution < 1.29 is 0 Å². The van der Waals surface area contributed by atoms with Crippen LogP contribution < -0.4 is 10.2 Å². The molecule has 102 valence electrons. The fraction of sp³-hybridized carbons (Fsp3) is 0.786. The lowest BCUT2D eigenvalue weighted by molar-refractivity contribution is 0.167. The van der Waals surface area contributed by atoms with Crippen molar-refractivity contribution in [3.05, 3.63) is 20.7 Å². The Hall–Kier alpha value is -0.610. The van der Waals surface area contributed by atoms with Crippen LogP contribution >= 0.6 is 11.3 Å². The molecule has 0 amide bonds. The van der Waals surface area contributed by atoms with E-state index in [9.17, 15) is 4.79 Å². The lowest BCUT2D eigenvalue weighted by Crippen LogP contribution is -2.45. The molecule has 0 spiro atoms. The van der Waals surface area contributed by atoms with Crippen molar-refractivity contribution in [1.29, 1.82) is 0 Å². The van der Waals surface area contributed by atoms with Crippen LogP contribution in [0.15, 0.2) is 10.2 Å². The fourth-order valence-corrected chi connectivity index (χ4v) is 3.66. The lowest BCUT2D eigenvalue weighted by Gasteiger charge is -2.39. The SMILES string of the molecule is Cc1csc(=O)n1CCN[C@H]1CCCCC1(C)C. The van der Waals surface area contributed by atoms with Crippen molar-refractivity contribution >= 4 is 11.3 Å². The molecule has 1 fully saturated rings. The summed E-state index contributed by atoms with van der Waals surface area (Å²) in [4.78, 5) is 11.8. The molecule has 1 aromatic rings. The summed E-state index contributed by atoms with van der Waals surface area (Å²) in [5, 5.41) is 5.59. The van der Waals surface area contributed by atoms with E-state index in [0.29, 0.717) is 11.5 Å². The van der Waals surface area contributed by atoms with Gasteiger partial charge in [0.2, 0.25) is 0 Å². The van der Waals surface area contributed by atoms with E-state index in [0.717, 1.165) is 18.8 Å². The van der Waals surface area contributed by atoms with Gasteiger partial charge in [0.15, 0.2) is 0 Å². The summed E-state index contributed by atoms with van der Waals surface area (Å²) in [6.07, 6.45) is 5.26. The van der Waals surface area contributed by atoms with Crippen LogP contribution in [0.3, 0.4) is 0 Å². The number of hydrogen-bond donors (Lipinski definition) is 1. The van der Waals surface area contributed by atoms with Crippen molar-refractivity contribution in [3.8, 4) is 0 Å². The van der Waals surface area contributed by atoms with E-state index in [2.05, 4.69) is 19.2 Å². The number of rotatable bonds is 4. The van der Waals surface area contributed by atoms with Gasteiger partial charge in [0.05, 0.1) is 0 Å². The highest BCUT2D eigenvalue weighted by Crippen LogP contribution is 2.35. The van der Waals surface area contributed by atoms with Crippen molar-refractivity contribution in [1.82, 2.24) is 9.88 Å². The highest BCUT2D eigenvalue weighted by molar-refractivity contribution is 7.07. The summed E-state index contributed by atoms with van der Waals surface area (Å²) in [5.74, 6) is 0. The van der Waals surface area contributed by atoms with Gasteiger partial charge in [-0.25, -0.2) is 0 Å². The fourth-order valence-electron chi connectivity index (χ4n) is 2.90. The molecule has 2 rings (SSSR count). The van der Waals surface area contributed by atoms with Crippen LogP contribution in [0.1, 0.15) is 45.2 Å². The zero-order chi connectivity index (χ0) is 13.2. The largest absolute Gasteiger partial charge is 0.312 e. The highest BCUT2D eigenvalue weighted by Gasteiger charge is 2.31. The first-order chi connectivity index (χ1) is 8.50. The number of nitrogens with zero attached hydrogens (tertiary/aromatic N) is 1. The van der Waals surface area contributed by atoms with E-state index < -0.39 is 0 Å². The molecule has 18 heavy (non-hydrogen) atoms. The Bertz CT molecular complexity index is 447. The second kappa shape index (κ2) is 5.57. The van der Waals surface area contributed by atoms with E-state index in [-0.39, 0.29) is 4.87 Å². The van der Waals surface area contributed by atoms with Gasteiger partial charge in [-0.1, -0.05) is 38.0 Å². The standard InChI is InChI=1S/C14H24N2OS/c1-11-10-18-13(17)16(11)9-8-15-12-6-4-5-7-14(12,2)3/h10,12,15H,4-9H2,1-3H3/t12-/m0/s1. The molecule has 1 aromatic heterocycles. The first kappa shape index (κ1) is 13.8. The van der Waals surface area contributed by atoms with Gasteiger partial charge in [0.25, 0.3) is 0 Å². The number of aryl methyl sites for hydroxylation is 1. The van der Waals surface area contributed by atoms with Gasteiger partial charge in [-0.15, -0.1) is 0 Å². The summed E-state index contributed by atoms with van der Waals surface area (Å²) in [5.41, 5.74) is 1.47. The van der Waals surface area contributed by atoms with Crippen LogP contribution in [-0.4, -0.2) is 17.2 Å². The van der Waals surface area contributed by atoms with E-state index in [1.54, 1.807) is 0 Å². The Morgan fingerprint density at radius 2 is 2.28 bits per heavy atom. The zero-order valence-corrected chi connectivity index (χ0v) is 12.5. The van der Waals surface area contributed by atoms with Crippen LogP contribution in [-0.2, 0) is 6.54 Å². The molecule has 0 unspecified atom stereocenters. The van der Waals surface area contributed by atoms with E-state index in [4.69, 9.17) is 0 Å². The Kier molecular flexibility index (Phi) is 4.28. The summed E-state index contributed by atoms with van der Waals surface area (Å²) in [6.45, 7) is 8.40. The minimum atomic E-state index is 0.164. The molecular weight excluding hydrogens is 244 g/mol. The van der Waals surface area contributed by atoms with Crippen LogP contribution in [0.4, 0.5) is 0 Å². The number of hydrogen-bond acceptors (Lipinski definition) is 3. The van der Waals surface area contributed by atoms with Gasteiger partial charge in [-0.05, 0) is 25.2 Å². The number of aromatic nitrogens is 1. The molecule has 1 aliphatic rings. The monoisotopic (exact) mass is 268 g/mol. The second-order valence-corrected chi connectivity index (χ2v) is 6.86. The Labute approximate surface area is 113 Å². The zero-order valence-electron chi connectivity index (χ0n) is 11.7. The van der Waals surface area contributed by atoms with Gasteiger partial charge in [-0.2, -0.15) is 0 Å². The topological polar surface area (TPSA) is 34.0 Å². The van der Waals surface area contributed by atoms with Crippen molar-refractivity contribution in [2.24, 2.45) is 5.41 Å². The summed E-state index contributed by atoms with van der Waals surface area (Å²) >= 11 is 1.30. The molecule has 0 bridgehead atoms. The minimum Gasteiger partial charge on any atom is -0.312 e. The first-order valence-corrected chi connectivity index (χ1v) is 7.77. The molecular formula is C14H24N2OS. The van der Waals surface area contributed by atoms with Crippen LogP contribution in [0.25, 0.3) is 0 Å². The van der Waals surface area contributed by atoms with Crippen molar-refractivity contribution in [2.75, 3.05) is 6.54 Å². The van der Waals surface area contributed by atoms with Crippen LogP contribution in [0, 0.1) is 12.3 Å². The van der Waals surface area contributed by atoms with E-state index in [1.807, 2.05) is 16.9 Å². The average molecular weight is 268 g/mol. The minimum absolute atomic E-state index is 0.164. The molecule has 1 atom stereocenters. The Balaban J connectivity index is 1.87. The van der Waals surface area contributed by atoms with Crippen LogP contribution in [0.2, 0.25) is 0 Å². The molecule has 0 aromatic carbocycles. The van der Waals surface area contributed by atoms with Crippen molar-refractivity contribution in [3.63, 3.8) is 0 Å². The quantitative estimate of drug-likeness (QED) is 0.911. The smallest absolute Gasteiger partial charge is 0.307 e. The van der Waals surface area contributed by atoms with Gasteiger partial charge < -0.3 is 9.88 Å². The molecule has 1 heterocycles. The molecule has 3 nitrogen and oxygen atoms in total. The summed E-state index contributed by atoms with van der Waals surface area (Å²) < 4.78 is 1.87. The van der Waals surface area contributed by atoms with Crippen molar-refractivity contribution in [2.45, 2.75) is 59.0 Å². The molecule has 4 heteroatoms. The Morgan fingerprint density at radius 1 is 1.50 bits per heavy atom. The second-order valence-electron chi connectivity index (χ2n) is 6.04. The molecule has 0 aliphatic heterocycles. The third-order valence-electron chi connectivity index (χ3n) is 4.21. The maximum Gasteiger partial charge on any atom is 0.307 e.